The van der Waals surface area contributed by atoms with Gasteiger partial charge in [-0.15, -0.1) is 11.8 Å². The molecule has 1 aliphatic rings. The number of hydrogen-bond acceptors (Lipinski definition) is 3. The van der Waals surface area contributed by atoms with Crippen molar-refractivity contribution in [2.45, 2.75) is 29.5 Å². The van der Waals surface area contributed by atoms with Crippen LogP contribution in [0.25, 0.3) is 0 Å². The third-order valence-corrected chi connectivity index (χ3v) is 4.96. The molecule has 2 aromatic rings. The van der Waals surface area contributed by atoms with E-state index in [0.29, 0.717) is 16.1 Å². The fourth-order valence-electron chi connectivity index (χ4n) is 2.04. The monoisotopic (exact) mass is 352 g/mol. The Balaban J connectivity index is 1.73. The Kier molecular flexibility index (Phi) is 3.85. The summed E-state index contributed by atoms with van der Waals surface area (Å²) in [6.45, 7) is 0. The zero-order valence-electron chi connectivity index (χ0n) is 10.6. The lowest BCUT2D eigenvalue weighted by Crippen LogP contribution is -1.99. The minimum absolute atomic E-state index is 0.297. The van der Waals surface area contributed by atoms with Gasteiger partial charge in [0.1, 0.15) is 0 Å². The number of carbonyl (C=O) groups is 1. The molecule has 1 aliphatic carbocycles. The van der Waals surface area contributed by atoms with Gasteiger partial charge in [-0.3, -0.25) is 0 Å². The molecule has 4 nitrogen and oxygen atoms in total. The van der Waals surface area contributed by atoms with E-state index in [-0.39, 0.29) is 0 Å². The number of carboxylic acid groups (broad SMARTS) is 1. The average Bonchev–Trinajstić information content (AvgIpc) is 3.16. The van der Waals surface area contributed by atoms with Gasteiger partial charge in [0.15, 0.2) is 0 Å². The molecule has 0 unspecified atom stereocenters. The van der Waals surface area contributed by atoms with E-state index in [2.05, 4.69) is 25.5 Å². The third-order valence-electron chi connectivity index (χ3n) is 3.24. The van der Waals surface area contributed by atoms with Crippen molar-refractivity contribution in [3.63, 3.8) is 0 Å². The van der Waals surface area contributed by atoms with Crippen molar-refractivity contribution in [2.24, 2.45) is 0 Å². The van der Waals surface area contributed by atoms with Crippen molar-refractivity contribution in [3.05, 3.63) is 46.5 Å². The molecule has 0 saturated heterocycles. The maximum Gasteiger partial charge on any atom is 0.336 e. The first-order valence-electron chi connectivity index (χ1n) is 6.31. The Morgan fingerprint density at radius 1 is 1.50 bits per heavy atom. The predicted molar refractivity (Wildman–Crippen MR) is 81.2 cm³/mol. The summed E-state index contributed by atoms with van der Waals surface area (Å²) in [4.78, 5) is 16.3. The summed E-state index contributed by atoms with van der Waals surface area (Å²) in [5.74, 6) is -0.112. The molecule has 1 saturated carbocycles. The Morgan fingerprint density at radius 2 is 2.30 bits per heavy atom. The van der Waals surface area contributed by atoms with E-state index >= 15 is 0 Å². The van der Waals surface area contributed by atoms with Crippen LogP contribution in [0.15, 0.2) is 40.1 Å². The molecule has 104 valence electrons. The summed E-state index contributed by atoms with van der Waals surface area (Å²) in [6.07, 6.45) is 6.24. The molecule has 0 spiro atoms. The van der Waals surface area contributed by atoms with Crippen molar-refractivity contribution in [3.8, 4) is 0 Å². The van der Waals surface area contributed by atoms with E-state index < -0.39 is 5.97 Å². The molecule has 1 aromatic heterocycles. The van der Waals surface area contributed by atoms with Gasteiger partial charge in [0, 0.05) is 33.1 Å². The highest BCUT2D eigenvalue weighted by Crippen LogP contribution is 2.37. The molecule has 1 fully saturated rings. The standard InChI is InChI=1S/C14H13BrN2O2S/c15-13-4-3-11(5-12(13)14(18)19)20-7-10-6-16-8-17(10)9-1-2-9/h3-6,8-9H,1-2,7H2,(H,18,19). The summed E-state index contributed by atoms with van der Waals surface area (Å²) in [7, 11) is 0. The number of benzene rings is 1. The number of carboxylic acids is 1. The number of imidazole rings is 1. The van der Waals surface area contributed by atoms with Crippen LogP contribution in [0.3, 0.4) is 0 Å². The van der Waals surface area contributed by atoms with Gasteiger partial charge in [-0.05, 0) is 47.0 Å². The molecule has 1 heterocycles. The molecule has 0 amide bonds. The second-order valence-electron chi connectivity index (χ2n) is 4.76. The van der Waals surface area contributed by atoms with Crippen LogP contribution in [-0.2, 0) is 5.75 Å². The normalized spacial score (nSPS) is 14.4. The van der Waals surface area contributed by atoms with Gasteiger partial charge in [-0.1, -0.05) is 0 Å². The van der Waals surface area contributed by atoms with E-state index in [1.807, 2.05) is 18.6 Å². The molecule has 0 bridgehead atoms. The van der Waals surface area contributed by atoms with Crippen LogP contribution in [-0.4, -0.2) is 20.6 Å². The zero-order valence-corrected chi connectivity index (χ0v) is 13.0. The predicted octanol–water partition coefficient (Wildman–Crippen LogP) is 3.97. The van der Waals surface area contributed by atoms with Gasteiger partial charge in [-0.25, -0.2) is 9.78 Å². The maximum atomic E-state index is 11.1. The van der Waals surface area contributed by atoms with E-state index in [1.165, 1.54) is 18.5 Å². The molecule has 1 N–H and O–H groups in total. The van der Waals surface area contributed by atoms with Crippen LogP contribution >= 0.6 is 27.7 Å². The lowest BCUT2D eigenvalue weighted by Gasteiger charge is -2.07. The van der Waals surface area contributed by atoms with Gasteiger partial charge in [0.2, 0.25) is 0 Å². The van der Waals surface area contributed by atoms with Gasteiger partial charge >= 0.3 is 5.97 Å². The number of hydrogen-bond donors (Lipinski definition) is 1. The van der Waals surface area contributed by atoms with Crippen LogP contribution in [0.2, 0.25) is 0 Å². The van der Waals surface area contributed by atoms with Crippen LogP contribution in [0.4, 0.5) is 0 Å². The third kappa shape index (κ3) is 2.91. The molecule has 0 atom stereocenters. The van der Waals surface area contributed by atoms with E-state index in [0.717, 1.165) is 10.6 Å². The molecule has 6 heteroatoms. The first-order valence-corrected chi connectivity index (χ1v) is 8.09. The molecule has 0 aliphatic heterocycles. The maximum absolute atomic E-state index is 11.1. The van der Waals surface area contributed by atoms with Crippen molar-refractivity contribution < 1.29 is 9.90 Å². The highest BCUT2D eigenvalue weighted by Gasteiger charge is 2.25. The van der Waals surface area contributed by atoms with Gasteiger partial charge in [0.05, 0.1) is 11.9 Å². The zero-order chi connectivity index (χ0) is 14.1. The summed E-state index contributed by atoms with van der Waals surface area (Å²) in [5, 5.41) is 9.11. The summed E-state index contributed by atoms with van der Waals surface area (Å²) in [5.41, 5.74) is 1.49. The topological polar surface area (TPSA) is 55.1 Å². The van der Waals surface area contributed by atoms with Crippen LogP contribution < -0.4 is 0 Å². The molecular weight excluding hydrogens is 340 g/mol. The highest BCUT2D eigenvalue weighted by molar-refractivity contribution is 9.10. The minimum atomic E-state index is -0.914. The number of aromatic carboxylic acids is 1. The minimum Gasteiger partial charge on any atom is -0.478 e. The smallest absolute Gasteiger partial charge is 0.336 e. The van der Waals surface area contributed by atoms with E-state index in [9.17, 15) is 4.79 Å². The summed E-state index contributed by atoms with van der Waals surface area (Å²) in [6, 6.07) is 6.03. The lowest BCUT2D eigenvalue weighted by atomic mass is 10.2. The Hall–Kier alpha value is -1.27. The van der Waals surface area contributed by atoms with Gasteiger partial charge in [-0.2, -0.15) is 0 Å². The van der Waals surface area contributed by atoms with E-state index in [1.54, 1.807) is 23.9 Å². The Bertz CT molecular complexity index is 652. The van der Waals surface area contributed by atoms with Crippen molar-refractivity contribution in [1.82, 2.24) is 9.55 Å². The van der Waals surface area contributed by atoms with Crippen LogP contribution in [0.5, 0.6) is 0 Å². The lowest BCUT2D eigenvalue weighted by molar-refractivity contribution is 0.0695. The average molecular weight is 353 g/mol. The summed E-state index contributed by atoms with van der Waals surface area (Å²) < 4.78 is 2.83. The van der Waals surface area contributed by atoms with Gasteiger partial charge in [0.25, 0.3) is 0 Å². The second-order valence-corrected chi connectivity index (χ2v) is 6.66. The molecule has 3 rings (SSSR count). The number of thioether (sulfide) groups is 1. The summed E-state index contributed by atoms with van der Waals surface area (Å²) >= 11 is 4.89. The number of rotatable bonds is 5. The number of nitrogens with zero attached hydrogens (tertiary/aromatic N) is 2. The first kappa shape index (κ1) is 13.7. The number of aromatic nitrogens is 2. The first-order chi connectivity index (χ1) is 9.65. The Morgan fingerprint density at radius 3 is 3.00 bits per heavy atom. The van der Waals surface area contributed by atoms with Gasteiger partial charge < -0.3 is 9.67 Å². The van der Waals surface area contributed by atoms with E-state index in [4.69, 9.17) is 5.11 Å². The second kappa shape index (κ2) is 5.61. The molecule has 0 radical (unpaired) electrons. The fraction of sp³-hybridized carbons (Fsp3) is 0.286. The van der Waals surface area contributed by atoms with Crippen molar-refractivity contribution >= 4 is 33.7 Å². The fourth-order valence-corrected chi connectivity index (χ4v) is 3.36. The highest BCUT2D eigenvalue weighted by atomic mass is 79.9. The Labute approximate surface area is 129 Å². The van der Waals surface area contributed by atoms with Crippen molar-refractivity contribution in [1.29, 1.82) is 0 Å². The SMILES string of the molecule is O=C(O)c1cc(SCc2cncn2C2CC2)ccc1Br. The largest absolute Gasteiger partial charge is 0.478 e. The van der Waals surface area contributed by atoms with Crippen molar-refractivity contribution in [2.75, 3.05) is 0 Å². The van der Waals surface area contributed by atoms with Crippen LogP contribution in [0.1, 0.15) is 34.9 Å². The number of halogens is 1. The quantitative estimate of drug-likeness (QED) is 0.827. The molecule has 20 heavy (non-hydrogen) atoms. The molecule has 1 aromatic carbocycles. The molecular formula is C14H13BrN2O2S. The van der Waals surface area contributed by atoms with Crippen LogP contribution in [0, 0.1) is 0 Å².